The number of ether oxygens (including phenoxy) is 1. The van der Waals surface area contributed by atoms with E-state index in [0.29, 0.717) is 19.0 Å². The van der Waals surface area contributed by atoms with Gasteiger partial charge in [-0.1, -0.05) is 6.92 Å². The maximum absolute atomic E-state index is 12.6. The van der Waals surface area contributed by atoms with Crippen molar-refractivity contribution < 1.29 is 17.9 Å². The molecule has 0 radical (unpaired) electrons. The van der Waals surface area contributed by atoms with Crippen molar-refractivity contribution in [1.29, 1.82) is 0 Å². The third kappa shape index (κ3) is 4.15. The Morgan fingerprint density at radius 2 is 2.11 bits per heavy atom. The first-order valence-electron chi connectivity index (χ1n) is 6.62. The fraction of sp³-hybridized carbons (Fsp3) is 0.917. The molecule has 0 aromatic rings. The van der Waals surface area contributed by atoms with E-state index in [4.69, 9.17) is 0 Å². The predicted molar refractivity (Wildman–Crippen MR) is 72.7 cm³/mol. The van der Waals surface area contributed by atoms with E-state index in [9.17, 15) is 13.2 Å². The quantitative estimate of drug-likeness (QED) is 0.705. The monoisotopic (exact) mass is 292 g/mol. The van der Waals surface area contributed by atoms with Crippen molar-refractivity contribution in [3.05, 3.63) is 0 Å². The van der Waals surface area contributed by atoms with Crippen molar-refractivity contribution in [2.45, 2.75) is 39.7 Å². The van der Waals surface area contributed by atoms with Gasteiger partial charge in [-0.3, -0.25) is 4.79 Å². The molecule has 1 rings (SSSR count). The van der Waals surface area contributed by atoms with E-state index < -0.39 is 16.2 Å². The third-order valence-corrected chi connectivity index (χ3v) is 5.46. The molecular formula is C12H24N2O4S. The fourth-order valence-corrected chi connectivity index (χ4v) is 4.13. The summed E-state index contributed by atoms with van der Waals surface area (Å²) >= 11 is 0. The summed E-state index contributed by atoms with van der Waals surface area (Å²) in [5, 5.41) is 0. The first-order chi connectivity index (χ1) is 8.78. The Labute approximate surface area is 115 Å². The molecule has 1 heterocycles. The molecule has 112 valence electrons. The Kier molecular flexibility index (Phi) is 5.76. The van der Waals surface area contributed by atoms with Crippen LogP contribution in [0.2, 0.25) is 0 Å². The molecule has 1 saturated heterocycles. The van der Waals surface area contributed by atoms with Crippen LogP contribution < -0.4 is 0 Å². The van der Waals surface area contributed by atoms with Crippen LogP contribution in [-0.2, 0) is 19.7 Å². The van der Waals surface area contributed by atoms with E-state index in [1.807, 2.05) is 6.92 Å². The molecule has 7 heteroatoms. The first-order valence-corrected chi connectivity index (χ1v) is 8.02. The van der Waals surface area contributed by atoms with Crippen molar-refractivity contribution in [2.75, 3.05) is 26.7 Å². The first kappa shape index (κ1) is 16.4. The van der Waals surface area contributed by atoms with Gasteiger partial charge >= 0.3 is 5.97 Å². The van der Waals surface area contributed by atoms with Crippen molar-refractivity contribution >= 4 is 16.2 Å². The number of methoxy groups -OCH3 is 1. The average molecular weight is 292 g/mol. The Bertz CT molecular complexity index is 408. The highest BCUT2D eigenvalue weighted by atomic mass is 32.2. The van der Waals surface area contributed by atoms with E-state index in [1.54, 1.807) is 13.8 Å². The van der Waals surface area contributed by atoms with Gasteiger partial charge in [0.1, 0.15) is 6.54 Å². The zero-order valence-electron chi connectivity index (χ0n) is 12.1. The topological polar surface area (TPSA) is 66.9 Å². The molecule has 0 bridgehead atoms. The standard InChI is InChI=1S/C12H24N2O4S/c1-10(2)14(9-12(15)18-4)19(16,17)13-7-5-6-11(3)8-13/h10-11H,5-9H2,1-4H3/t11-/m0/s1. The summed E-state index contributed by atoms with van der Waals surface area (Å²) in [4.78, 5) is 11.4. The minimum absolute atomic E-state index is 0.235. The second kappa shape index (κ2) is 6.67. The summed E-state index contributed by atoms with van der Waals surface area (Å²) in [5.74, 6) is -0.182. The molecule has 0 saturated carbocycles. The van der Waals surface area contributed by atoms with Gasteiger partial charge in [-0.2, -0.15) is 17.0 Å². The lowest BCUT2D eigenvalue weighted by Crippen LogP contribution is -2.51. The average Bonchev–Trinajstić information content (AvgIpc) is 2.34. The normalized spacial score (nSPS) is 21.9. The lowest BCUT2D eigenvalue weighted by atomic mass is 10.0. The zero-order chi connectivity index (χ0) is 14.6. The molecule has 6 nitrogen and oxygen atoms in total. The van der Waals surface area contributed by atoms with Gasteiger partial charge in [0.25, 0.3) is 10.2 Å². The molecule has 0 unspecified atom stereocenters. The maximum Gasteiger partial charge on any atom is 0.321 e. The lowest BCUT2D eigenvalue weighted by molar-refractivity contribution is -0.141. The van der Waals surface area contributed by atoms with Crippen LogP contribution in [0.25, 0.3) is 0 Å². The van der Waals surface area contributed by atoms with Gasteiger partial charge in [-0.05, 0) is 32.6 Å². The Balaban J connectivity index is 2.89. The predicted octanol–water partition coefficient (Wildman–Crippen LogP) is 0.846. The molecule has 0 N–H and O–H groups in total. The number of hydrogen-bond acceptors (Lipinski definition) is 4. The number of carbonyl (C=O) groups excluding carboxylic acids is 1. The summed E-state index contributed by atoms with van der Waals surface area (Å²) in [6, 6.07) is -0.277. The number of carbonyl (C=O) groups is 1. The highest BCUT2D eigenvalue weighted by molar-refractivity contribution is 7.86. The molecule has 19 heavy (non-hydrogen) atoms. The third-order valence-electron chi connectivity index (χ3n) is 3.33. The van der Waals surface area contributed by atoms with Gasteiger partial charge in [-0.25, -0.2) is 0 Å². The van der Waals surface area contributed by atoms with Crippen molar-refractivity contribution in [3.8, 4) is 0 Å². The number of nitrogens with zero attached hydrogens (tertiary/aromatic N) is 2. The van der Waals surface area contributed by atoms with Gasteiger partial charge < -0.3 is 4.74 Å². The Morgan fingerprint density at radius 1 is 1.47 bits per heavy atom. The highest BCUT2D eigenvalue weighted by Crippen LogP contribution is 2.21. The molecular weight excluding hydrogens is 268 g/mol. The smallest absolute Gasteiger partial charge is 0.321 e. The summed E-state index contributed by atoms with van der Waals surface area (Å²) in [6.07, 6.45) is 1.91. The number of hydrogen-bond donors (Lipinski definition) is 0. The Morgan fingerprint density at radius 3 is 2.58 bits per heavy atom. The minimum Gasteiger partial charge on any atom is -0.468 e. The molecule has 1 aliphatic rings. The van der Waals surface area contributed by atoms with Gasteiger partial charge in [0, 0.05) is 19.1 Å². The molecule has 0 amide bonds. The van der Waals surface area contributed by atoms with Crippen LogP contribution in [-0.4, -0.2) is 55.8 Å². The van der Waals surface area contributed by atoms with Crippen LogP contribution in [0.1, 0.15) is 33.6 Å². The van der Waals surface area contributed by atoms with E-state index in [2.05, 4.69) is 4.74 Å². The van der Waals surface area contributed by atoms with Gasteiger partial charge in [-0.15, -0.1) is 0 Å². The van der Waals surface area contributed by atoms with Gasteiger partial charge in [0.15, 0.2) is 0 Å². The van der Waals surface area contributed by atoms with E-state index >= 15 is 0 Å². The summed E-state index contributed by atoms with van der Waals surface area (Å²) in [6.45, 7) is 6.37. The number of rotatable bonds is 5. The Hall–Kier alpha value is -0.660. The van der Waals surface area contributed by atoms with E-state index in [-0.39, 0.29) is 12.6 Å². The SMILES string of the molecule is COC(=O)CN(C(C)C)S(=O)(=O)N1CCC[C@H](C)C1. The van der Waals surface area contributed by atoms with Crippen LogP contribution in [0.3, 0.4) is 0 Å². The summed E-state index contributed by atoms with van der Waals surface area (Å²) < 4.78 is 32.4. The van der Waals surface area contributed by atoms with Gasteiger partial charge in [0.2, 0.25) is 0 Å². The molecule has 1 fully saturated rings. The van der Waals surface area contributed by atoms with Crippen molar-refractivity contribution in [1.82, 2.24) is 8.61 Å². The maximum atomic E-state index is 12.6. The van der Waals surface area contributed by atoms with Crippen LogP contribution in [0.5, 0.6) is 0 Å². The number of piperidine rings is 1. The number of esters is 1. The largest absolute Gasteiger partial charge is 0.468 e. The molecule has 0 aromatic carbocycles. The second-order valence-electron chi connectivity index (χ2n) is 5.33. The van der Waals surface area contributed by atoms with Gasteiger partial charge in [0.05, 0.1) is 7.11 Å². The van der Waals surface area contributed by atoms with Crippen LogP contribution in [0.4, 0.5) is 0 Å². The van der Waals surface area contributed by atoms with Crippen LogP contribution in [0.15, 0.2) is 0 Å². The molecule has 1 aliphatic heterocycles. The van der Waals surface area contributed by atoms with E-state index in [1.165, 1.54) is 15.7 Å². The molecule has 0 aromatic heterocycles. The summed E-state index contributed by atoms with van der Waals surface area (Å²) in [5.41, 5.74) is 0. The zero-order valence-corrected chi connectivity index (χ0v) is 12.9. The second-order valence-corrected chi connectivity index (χ2v) is 7.21. The molecule has 0 spiro atoms. The van der Waals surface area contributed by atoms with Crippen molar-refractivity contribution in [3.63, 3.8) is 0 Å². The highest BCUT2D eigenvalue weighted by Gasteiger charge is 2.35. The van der Waals surface area contributed by atoms with Crippen LogP contribution >= 0.6 is 0 Å². The molecule has 1 atom stereocenters. The molecule has 0 aliphatic carbocycles. The fourth-order valence-electron chi connectivity index (χ4n) is 2.23. The lowest BCUT2D eigenvalue weighted by Gasteiger charge is -2.35. The van der Waals surface area contributed by atoms with Crippen molar-refractivity contribution in [2.24, 2.45) is 5.92 Å². The summed E-state index contributed by atoms with van der Waals surface area (Å²) in [7, 11) is -2.34. The van der Waals surface area contributed by atoms with Crippen LogP contribution in [0, 0.1) is 5.92 Å². The van der Waals surface area contributed by atoms with E-state index in [0.717, 1.165) is 12.8 Å². The minimum atomic E-state index is -3.60.